The fraction of sp³-hybridized carbons (Fsp3) is 0.455. The van der Waals surface area contributed by atoms with Crippen LogP contribution in [-0.2, 0) is 12.8 Å². The van der Waals surface area contributed by atoms with Crippen LogP contribution in [0.1, 0.15) is 51.5 Å². The highest BCUT2D eigenvalue weighted by Crippen LogP contribution is 2.28. The smallest absolute Gasteiger partial charge is 0.261 e. The maximum Gasteiger partial charge on any atom is 0.261 e. The summed E-state index contributed by atoms with van der Waals surface area (Å²) in [5.41, 5.74) is 4.88. The van der Waals surface area contributed by atoms with E-state index in [9.17, 15) is 9.59 Å². The van der Waals surface area contributed by atoms with Crippen LogP contribution in [0.4, 0.5) is 0 Å². The van der Waals surface area contributed by atoms with E-state index in [-0.39, 0.29) is 17.0 Å². The van der Waals surface area contributed by atoms with Crippen molar-refractivity contribution in [2.75, 3.05) is 26.2 Å². The van der Waals surface area contributed by atoms with Gasteiger partial charge in [0.25, 0.3) is 11.5 Å². The third kappa shape index (κ3) is 3.83. The standard InChI is InChI=1S/C22H27N3O2/c1-15-5-2-3-7-18(15)17-9-11-25(14-17)12-10-23-21(26)19-13-16-6-4-8-20(16)24-22(19)27/h2-3,5,7,13,17H,4,6,8-12,14H2,1H3,(H,23,26)(H,24,27)/t17-/m0/s1. The van der Waals surface area contributed by atoms with E-state index in [1.54, 1.807) is 6.07 Å². The molecular formula is C22H27N3O2. The van der Waals surface area contributed by atoms with Gasteiger partial charge in [-0.2, -0.15) is 0 Å². The Balaban J connectivity index is 1.30. The molecule has 0 spiro atoms. The number of carbonyl (C=O) groups is 1. The fourth-order valence-corrected chi connectivity index (χ4v) is 4.44. The number of nitrogens with zero attached hydrogens (tertiary/aromatic N) is 1. The Kier molecular flexibility index (Phi) is 5.12. The van der Waals surface area contributed by atoms with E-state index in [0.717, 1.165) is 56.6 Å². The van der Waals surface area contributed by atoms with E-state index in [2.05, 4.69) is 46.4 Å². The Labute approximate surface area is 159 Å². The van der Waals surface area contributed by atoms with Gasteiger partial charge in [-0.3, -0.25) is 9.59 Å². The number of hydrogen-bond donors (Lipinski definition) is 2. The number of aryl methyl sites for hydroxylation is 3. The van der Waals surface area contributed by atoms with Crippen molar-refractivity contribution in [3.63, 3.8) is 0 Å². The molecule has 27 heavy (non-hydrogen) atoms. The van der Waals surface area contributed by atoms with Crippen molar-refractivity contribution in [1.82, 2.24) is 15.2 Å². The van der Waals surface area contributed by atoms with Crippen molar-refractivity contribution in [3.05, 3.63) is 68.6 Å². The monoisotopic (exact) mass is 365 g/mol. The molecule has 1 amide bonds. The molecule has 2 N–H and O–H groups in total. The summed E-state index contributed by atoms with van der Waals surface area (Å²) in [6.07, 6.45) is 4.06. The van der Waals surface area contributed by atoms with Gasteiger partial charge in [0.05, 0.1) is 0 Å². The molecule has 2 aliphatic rings. The molecule has 0 saturated carbocycles. The Morgan fingerprint density at radius 2 is 2.15 bits per heavy atom. The molecule has 2 heterocycles. The van der Waals surface area contributed by atoms with Gasteiger partial charge in [-0.05, 0) is 67.8 Å². The summed E-state index contributed by atoms with van der Waals surface area (Å²) in [5.74, 6) is 0.307. The Morgan fingerprint density at radius 1 is 1.30 bits per heavy atom. The molecule has 0 radical (unpaired) electrons. The van der Waals surface area contributed by atoms with E-state index in [4.69, 9.17) is 0 Å². The second kappa shape index (κ2) is 7.69. The van der Waals surface area contributed by atoms with Gasteiger partial charge in [-0.15, -0.1) is 0 Å². The molecule has 0 bridgehead atoms. The number of nitrogens with one attached hydrogen (secondary N) is 2. The van der Waals surface area contributed by atoms with Gasteiger partial charge < -0.3 is 15.2 Å². The number of rotatable bonds is 5. The molecule has 1 aromatic carbocycles. The highest BCUT2D eigenvalue weighted by Gasteiger charge is 2.24. The Morgan fingerprint density at radius 3 is 3.00 bits per heavy atom. The van der Waals surface area contributed by atoms with Crippen LogP contribution in [0.3, 0.4) is 0 Å². The number of hydrogen-bond acceptors (Lipinski definition) is 3. The zero-order valence-corrected chi connectivity index (χ0v) is 15.9. The topological polar surface area (TPSA) is 65.2 Å². The van der Waals surface area contributed by atoms with E-state index in [1.165, 1.54) is 11.1 Å². The predicted octanol–water partition coefficient (Wildman–Crippen LogP) is 2.39. The van der Waals surface area contributed by atoms with Crippen LogP contribution in [0.2, 0.25) is 0 Å². The zero-order valence-electron chi connectivity index (χ0n) is 15.9. The van der Waals surface area contributed by atoms with Crippen molar-refractivity contribution >= 4 is 5.91 Å². The normalized spacial score (nSPS) is 19.2. The second-order valence-electron chi connectivity index (χ2n) is 7.77. The fourth-order valence-electron chi connectivity index (χ4n) is 4.44. The third-order valence-corrected chi connectivity index (χ3v) is 5.95. The molecule has 1 aliphatic carbocycles. The van der Waals surface area contributed by atoms with E-state index in [1.807, 2.05) is 0 Å². The maximum atomic E-state index is 12.4. The maximum absolute atomic E-state index is 12.4. The number of aromatic nitrogens is 1. The highest BCUT2D eigenvalue weighted by molar-refractivity contribution is 5.94. The first-order valence-electron chi connectivity index (χ1n) is 9.93. The molecule has 1 aromatic heterocycles. The first kappa shape index (κ1) is 18.0. The van der Waals surface area contributed by atoms with Crippen molar-refractivity contribution in [2.45, 2.75) is 38.5 Å². The number of carbonyl (C=O) groups excluding carboxylic acids is 1. The average molecular weight is 365 g/mol. The lowest BCUT2D eigenvalue weighted by molar-refractivity contribution is 0.0948. The van der Waals surface area contributed by atoms with Crippen LogP contribution in [0.25, 0.3) is 0 Å². The summed E-state index contributed by atoms with van der Waals surface area (Å²) < 4.78 is 0. The summed E-state index contributed by atoms with van der Waals surface area (Å²) in [4.78, 5) is 29.8. The molecule has 1 atom stereocenters. The van der Waals surface area contributed by atoms with Gasteiger partial charge in [-0.25, -0.2) is 0 Å². The summed E-state index contributed by atoms with van der Waals surface area (Å²) in [7, 11) is 0. The van der Waals surface area contributed by atoms with Gasteiger partial charge in [0.1, 0.15) is 5.56 Å². The summed E-state index contributed by atoms with van der Waals surface area (Å²) in [6.45, 7) is 5.63. The van der Waals surface area contributed by atoms with Crippen molar-refractivity contribution in [3.8, 4) is 0 Å². The van der Waals surface area contributed by atoms with E-state index in [0.29, 0.717) is 12.5 Å². The van der Waals surface area contributed by atoms with Crippen molar-refractivity contribution < 1.29 is 4.79 Å². The minimum Gasteiger partial charge on any atom is -0.351 e. The molecular weight excluding hydrogens is 338 g/mol. The van der Waals surface area contributed by atoms with Gasteiger partial charge in [0.15, 0.2) is 0 Å². The van der Waals surface area contributed by atoms with Crippen LogP contribution < -0.4 is 10.9 Å². The average Bonchev–Trinajstić information content (AvgIpc) is 3.30. The molecule has 5 nitrogen and oxygen atoms in total. The molecule has 2 aromatic rings. The highest BCUT2D eigenvalue weighted by atomic mass is 16.2. The second-order valence-corrected chi connectivity index (χ2v) is 7.77. The van der Waals surface area contributed by atoms with Crippen LogP contribution in [0, 0.1) is 6.92 Å². The summed E-state index contributed by atoms with van der Waals surface area (Å²) >= 11 is 0. The molecule has 1 saturated heterocycles. The number of aromatic amines is 1. The lowest BCUT2D eigenvalue weighted by atomic mass is 9.94. The van der Waals surface area contributed by atoms with E-state index < -0.39 is 0 Å². The number of fused-ring (bicyclic) bond motifs is 1. The molecule has 1 fully saturated rings. The largest absolute Gasteiger partial charge is 0.351 e. The van der Waals surface area contributed by atoms with Gasteiger partial charge in [0, 0.05) is 25.3 Å². The lowest BCUT2D eigenvalue weighted by Gasteiger charge is -2.17. The number of H-pyrrole nitrogens is 1. The van der Waals surface area contributed by atoms with E-state index >= 15 is 0 Å². The number of benzene rings is 1. The molecule has 142 valence electrons. The Bertz CT molecular complexity index is 903. The van der Waals surface area contributed by atoms with Crippen LogP contribution in [-0.4, -0.2) is 42.0 Å². The quantitative estimate of drug-likeness (QED) is 0.855. The van der Waals surface area contributed by atoms with Crippen LogP contribution in [0.5, 0.6) is 0 Å². The zero-order chi connectivity index (χ0) is 18.8. The first-order chi connectivity index (χ1) is 13.1. The van der Waals surface area contributed by atoms with Gasteiger partial charge in [0.2, 0.25) is 0 Å². The first-order valence-corrected chi connectivity index (χ1v) is 9.93. The molecule has 1 aliphatic heterocycles. The molecule has 4 rings (SSSR count). The number of pyridine rings is 1. The van der Waals surface area contributed by atoms with Gasteiger partial charge in [-0.1, -0.05) is 24.3 Å². The number of amides is 1. The van der Waals surface area contributed by atoms with Crippen LogP contribution in [0.15, 0.2) is 35.1 Å². The van der Waals surface area contributed by atoms with Crippen LogP contribution >= 0.6 is 0 Å². The van der Waals surface area contributed by atoms with Crippen molar-refractivity contribution in [2.24, 2.45) is 0 Å². The molecule has 5 heteroatoms. The Hall–Kier alpha value is -2.40. The minimum absolute atomic E-state index is 0.245. The lowest BCUT2D eigenvalue weighted by Crippen LogP contribution is -2.36. The predicted molar refractivity (Wildman–Crippen MR) is 106 cm³/mol. The summed E-state index contributed by atoms with van der Waals surface area (Å²) in [5, 5.41) is 2.92. The summed E-state index contributed by atoms with van der Waals surface area (Å²) in [6, 6.07) is 10.4. The number of likely N-dealkylation sites (tertiary alicyclic amines) is 1. The third-order valence-electron chi connectivity index (χ3n) is 5.95. The SMILES string of the molecule is Cc1ccccc1[C@H]1CCN(CCNC(=O)c2cc3c([nH]c2=O)CCC3)C1. The van der Waals surface area contributed by atoms with Crippen molar-refractivity contribution in [1.29, 1.82) is 0 Å². The molecule has 0 unspecified atom stereocenters. The minimum atomic E-state index is -0.270. The van der Waals surface area contributed by atoms with Gasteiger partial charge >= 0.3 is 0 Å².